The molecule has 2 unspecified atom stereocenters. The van der Waals surface area contributed by atoms with Gasteiger partial charge >= 0.3 is 0 Å². The third-order valence-electron chi connectivity index (χ3n) is 5.98. The summed E-state index contributed by atoms with van der Waals surface area (Å²) >= 11 is 0. The van der Waals surface area contributed by atoms with E-state index >= 15 is 0 Å². The van der Waals surface area contributed by atoms with E-state index in [0.29, 0.717) is 6.42 Å². The minimum atomic E-state index is -0.743. The van der Waals surface area contributed by atoms with Crippen molar-refractivity contribution in [2.24, 2.45) is 4.99 Å². The van der Waals surface area contributed by atoms with Gasteiger partial charge in [0.25, 0.3) is 0 Å². The summed E-state index contributed by atoms with van der Waals surface area (Å²) in [5.41, 5.74) is 6.67. The van der Waals surface area contributed by atoms with Crippen LogP contribution >= 0.6 is 0 Å². The van der Waals surface area contributed by atoms with Crippen LogP contribution in [0.3, 0.4) is 0 Å². The number of hydrogen-bond acceptors (Lipinski definition) is 4. The number of aliphatic hydroxyl groups excluding tert-OH is 1. The van der Waals surface area contributed by atoms with Crippen LogP contribution in [-0.2, 0) is 12.8 Å². The summed E-state index contributed by atoms with van der Waals surface area (Å²) in [5, 5.41) is 17.6. The summed E-state index contributed by atoms with van der Waals surface area (Å²) in [6.07, 6.45) is 4.89. The molecule has 0 fully saturated rings. The van der Waals surface area contributed by atoms with Crippen LogP contribution in [-0.4, -0.2) is 23.2 Å². The second-order valence-corrected chi connectivity index (χ2v) is 8.36. The van der Waals surface area contributed by atoms with Gasteiger partial charge in [0.2, 0.25) is 0 Å². The van der Waals surface area contributed by atoms with Crippen LogP contribution in [0.25, 0.3) is 11.8 Å². The van der Waals surface area contributed by atoms with Gasteiger partial charge in [0, 0.05) is 17.7 Å². The summed E-state index contributed by atoms with van der Waals surface area (Å²) in [6, 6.07) is 24.8. The predicted octanol–water partition coefficient (Wildman–Crippen LogP) is 4.67. The number of rotatable bonds is 6. The van der Waals surface area contributed by atoms with Crippen molar-refractivity contribution >= 4 is 17.5 Å². The molecule has 3 aromatic carbocycles. The van der Waals surface area contributed by atoms with Crippen molar-refractivity contribution in [2.45, 2.75) is 31.7 Å². The van der Waals surface area contributed by atoms with Crippen LogP contribution < -0.4 is 10.6 Å². The fraction of sp³-hybridized carbons (Fsp3) is 0.179. The van der Waals surface area contributed by atoms with E-state index in [-0.39, 0.29) is 12.0 Å². The summed E-state index contributed by atoms with van der Waals surface area (Å²) in [7, 11) is 0. The van der Waals surface area contributed by atoms with Crippen molar-refractivity contribution in [3.05, 3.63) is 119 Å². The normalized spacial score (nSPS) is 18.4. The predicted molar refractivity (Wildman–Crippen MR) is 131 cm³/mol. The van der Waals surface area contributed by atoms with Crippen molar-refractivity contribution in [1.82, 2.24) is 10.6 Å². The molecule has 0 saturated heterocycles. The summed E-state index contributed by atoms with van der Waals surface area (Å²) in [6.45, 7) is 0. The van der Waals surface area contributed by atoms with Crippen molar-refractivity contribution in [2.75, 3.05) is 0 Å². The van der Waals surface area contributed by atoms with Crippen molar-refractivity contribution in [1.29, 1.82) is 0 Å². The SMILES string of the molecule is OC(Cc1ccccc1)NC1NC2=C(N=C1/C=C/c1ccccc1)c1ccc(F)cc1CC2. The number of nitrogens with one attached hydrogen (secondary N) is 2. The molecule has 0 amide bonds. The molecule has 3 N–H and O–H groups in total. The monoisotopic (exact) mass is 439 g/mol. The fourth-order valence-electron chi connectivity index (χ4n) is 4.35. The van der Waals surface area contributed by atoms with Gasteiger partial charge in [-0.2, -0.15) is 0 Å². The Morgan fingerprint density at radius 2 is 1.76 bits per heavy atom. The maximum Gasteiger partial charge on any atom is 0.123 e. The molecule has 2 aliphatic rings. The molecule has 0 radical (unpaired) electrons. The molecule has 5 heteroatoms. The molecule has 0 bridgehead atoms. The van der Waals surface area contributed by atoms with Gasteiger partial charge in [0.15, 0.2) is 0 Å². The molecule has 1 aliphatic heterocycles. The molecule has 0 aromatic heterocycles. The zero-order valence-corrected chi connectivity index (χ0v) is 18.2. The van der Waals surface area contributed by atoms with E-state index in [0.717, 1.165) is 52.2 Å². The highest BCUT2D eigenvalue weighted by Crippen LogP contribution is 2.34. The molecule has 33 heavy (non-hydrogen) atoms. The highest BCUT2D eigenvalue weighted by molar-refractivity contribution is 6.06. The van der Waals surface area contributed by atoms with E-state index in [9.17, 15) is 9.50 Å². The summed E-state index contributed by atoms with van der Waals surface area (Å²) in [4.78, 5) is 4.98. The number of benzene rings is 3. The average Bonchev–Trinajstić information content (AvgIpc) is 2.83. The van der Waals surface area contributed by atoms with Crippen LogP contribution in [0.1, 0.15) is 28.7 Å². The minimum absolute atomic E-state index is 0.224. The zero-order valence-electron chi connectivity index (χ0n) is 18.2. The molecule has 1 heterocycles. The van der Waals surface area contributed by atoms with Crippen LogP contribution in [0.5, 0.6) is 0 Å². The Morgan fingerprint density at radius 1 is 1.00 bits per heavy atom. The number of aliphatic hydroxyl groups is 1. The third kappa shape index (κ3) is 4.95. The smallest absolute Gasteiger partial charge is 0.123 e. The van der Waals surface area contributed by atoms with Gasteiger partial charge < -0.3 is 10.4 Å². The van der Waals surface area contributed by atoms with Crippen LogP contribution in [0.4, 0.5) is 4.39 Å². The van der Waals surface area contributed by atoms with E-state index in [4.69, 9.17) is 4.99 Å². The molecular formula is C28H26FN3O. The van der Waals surface area contributed by atoms with Crippen LogP contribution in [0, 0.1) is 5.82 Å². The molecule has 2 atom stereocenters. The molecule has 1 aliphatic carbocycles. The number of aryl methyl sites for hydroxylation is 1. The topological polar surface area (TPSA) is 56.6 Å². The lowest BCUT2D eigenvalue weighted by Crippen LogP contribution is -2.53. The van der Waals surface area contributed by atoms with Crippen LogP contribution in [0.2, 0.25) is 0 Å². The van der Waals surface area contributed by atoms with Crippen molar-refractivity contribution < 1.29 is 9.50 Å². The Labute approximate surface area is 193 Å². The summed E-state index contributed by atoms with van der Waals surface area (Å²) < 4.78 is 13.8. The standard InChI is InChI=1S/C28H26FN3O/c29-22-13-14-23-21(18-22)12-16-24-27(23)30-25(15-11-19-7-3-1-4-8-19)28(31-24)32-26(33)17-20-9-5-2-6-10-20/h1-11,13-15,18,26,28,31-33H,12,16-17H2/b15-11+. The number of fused-ring (bicyclic) bond motifs is 2. The molecule has 3 aromatic rings. The lowest BCUT2D eigenvalue weighted by Gasteiger charge is -2.33. The second kappa shape index (κ2) is 9.53. The minimum Gasteiger partial charge on any atom is -0.378 e. The molecule has 166 valence electrons. The zero-order chi connectivity index (χ0) is 22.6. The fourth-order valence-corrected chi connectivity index (χ4v) is 4.35. The molecule has 5 rings (SSSR count). The number of hydrogen-bond donors (Lipinski definition) is 3. The number of aliphatic imine (C=N–C) groups is 1. The first-order chi connectivity index (χ1) is 16.2. The van der Waals surface area contributed by atoms with E-state index in [1.54, 1.807) is 12.1 Å². The quantitative estimate of drug-likeness (QED) is 0.489. The van der Waals surface area contributed by atoms with Gasteiger partial charge in [-0.15, -0.1) is 0 Å². The first-order valence-corrected chi connectivity index (χ1v) is 11.2. The van der Waals surface area contributed by atoms with Gasteiger partial charge in [0.05, 0.1) is 11.4 Å². The number of allylic oxidation sites excluding steroid dienone is 1. The summed E-state index contributed by atoms with van der Waals surface area (Å²) in [5.74, 6) is -0.224. The Hall–Kier alpha value is -3.54. The van der Waals surface area contributed by atoms with E-state index in [2.05, 4.69) is 10.6 Å². The van der Waals surface area contributed by atoms with E-state index in [1.165, 1.54) is 6.07 Å². The lowest BCUT2D eigenvalue weighted by atomic mass is 9.91. The van der Waals surface area contributed by atoms with Gasteiger partial charge in [-0.25, -0.2) is 9.38 Å². The molecule has 4 nitrogen and oxygen atoms in total. The van der Waals surface area contributed by atoms with Crippen molar-refractivity contribution in [3.8, 4) is 0 Å². The lowest BCUT2D eigenvalue weighted by molar-refractivity contribution is 0.128. The maximum absolute atomic E-state index is 13.8. The van der Waals surface area contributed by atoms with Gasteiger partial charge in [0.1, 0.15) is 18.2 Å². The third-order valence-corrected chi connectivity index (χ3v) is 5.98. The second-order valence-electron chi connectivity index (χ2n) is 8.36. The number of nitrogens with zero attached hydrogens (tertiary/aromatic N) is 1. The van der Waals surface area contributed by atoms with Crippen LogP contribution in [0.15, 0.2) is 95.6 Å². The van der Waals surface area contributed by atoms with E-state index in [1.807, 2.05) is 72.8 Å². The van der Waals surface area contributed by atoms with Gasteiger partial charge in [-0.1, -0.05) is 66.7 Å². The Morgan fingerprint density at radius 3 is 2.55 bits per heavy atom. The largest absolute Gasteiger partial charge is 0.378 e. The van der Waals surface area contributed by atoms with Gasteiger partial charge in [-0.3, -0.25) is 5.32 Å². The highest BCUT2D eigenvalue weighted by Gasteiger charge is 2.28. The van der Waals surface area contributed by atoms with Crippen molar-refractivity contribution in [3.63, 3.8) is 0 Å². The number of halogens is 1. The Kier molecular flexibility index (Phi) is 6.15. The van der Waals surface area contributed by atoms with E-state index < -0.39 is 6.23 Å². The molecule has 0 saturated carbocycles. The Bertz CT molecular complexity index is 1220. The average molecular weight is 440 g/mol. The molecule has 0 spiro atoms. The highest BCUT2D eigenvalue weighted by atomic mass is 19.1. The molecular weight excluding hydrogens is 413 g/mol. The first kappa shape index (κ1) is 21.3. The Balaban J connectivity index is 1.44. The maximum atomic E-state index is 13.8. The van der Waals surface area contributed by atoms with Gasteiger partial charge in [-0.05, 0) is 53.8 Å². The first-order valence-electron chi connectivity index (χ1n) is 11.2.